The number of amides is 1. The normalized spacial score (nSPS) is 11.6. The molecule has 0 atom stereocenters. The summed E-state index contributed by atoms with van der Waals surface area (Å²) in [6.07, 6.45) is 0.805. The van der Waals surface area contributed by atoms with Gasteiger partial charge in [-0.15, -0.1) is 0 Å². The second-order valence-corrected chi connectivity index (χ2v) is 6.99. The van der Waals surface area contributed by atoms with E-state index in [4.69, 9.17) is 11.6 Å². The van der Waals surface area contributed by atoms with Gasteiger partial charge in [-0.25, -0.2) is 13.1 Å². The van der Waals surface area contributed by atoms with Crippen LogP contribution in [-0.4, -0.2) is 53.0 Å². The highest BCUT2D eigenvalue weighted by molar-refractivity contribution is 7.89. The molecule has 2 N–H and O–H groups in total. The Morgan fingerprint density at radius 1 is 1.33 bits per heavy atom. The molecule has 0 heterocycles. The van der Waals surface area contributed by atoms with Crippen LogP contribution in [0.25, 0.3) is 0 Å². The maximum atomic E-state index is 12.0. The van der Waals surface area contributed by atoms with E-state index in [9.17, 15) is 13.2 Å². The third-order valence-corrected chi connectivity index (χ3v) is 4.27. The van der Waals surface area contributed by atoms with E-state index in [1.54, 1.807) is 6.07 Å². The van der Waals surface area contributed by atoms with Gasteiger partial charge in [-0.1, -0.05) is 17.7 Å². The fourth-order valence-corrected chi connectivity index (χ4v) is 2.85. The van der Waals surface area contributed by atoms with Crippen LogP contribution in [0.5, 0.6) is 0 Å². The van der Waals surface area contributed by atoms with Crippen LogP contribution in [0.15, 0.2) is 29.2 Å². The van der Waals surface area contributed by atoms with Crippen molar-refractivity contribution in [2.75, 3.05) is 33.7 Å². The molecular weight excluding hydrogens is 314 g/mol. The first-order valence-electron chi connectivity index (χ1n) is 6.48. The minimum absolute atomic E-state index is 0.0374. The van der Waals surface area contributed by atoms with Gasteiger partial charge < -0.3 is 10.2 Å². The Bertz CT molecular complexity index is 576. The van der Waals surface area contributed by atoms with Gasteiger partial charge >= 0.3 is 0 Å². The van der Waals surface area contributed by atoms with E-state index in [0.717, 1.165) is 13.0 Å². The molecule has 0 spiro atoms. The summed E-state index contributed by atoms with van der Waals surface area (Å²) in [6, 6.07) is 5.87. The van der Waals surface area contributed by atoms with Gasteiger partial charge in [0.05, 0.1) is 11.4 Å². The summed E-state index contributed by atoms with van der Waals surface area (Å²) in [6.45, 7) is 1.07. The average molecular weight is 334 g/mol. The van der Waals surface area contributed by atoms with Gasteiger partial charge in [0.2, 0.25) is 15.9 Å². The summed E-state index contributed by atoms with van der Waals surface area (Å²) in [5.41, 5.74) is 0. The Balaban J connectivity index is 2.41. The largest absolute Gasteiger partial charge is 0.355 e. The number of halogens is 1. The Hall–Kier alpha value is -1.15. The van der Waals surface area contributed by atoms with Crippen molar-refractivity contribution in [1.29, 1.82) is 0 Å². The van der Waals surface area contributed by atoms with Crippen molar-refractivity contribution < 1.29 is 13.2 Å². The molecule has 6 nitrogen and oxygen atoms in total. The van der Waals surface area contributed by atoms with Gasteiger partial charge in [0, 0.05) is 11.6 Å². The van der Waals surface area contributed by atoms with Gasteiger partial charge in [-0.3, -0.25) is 4.79 Å². The van der Waals surface area contributed by atoms with Crippen LogP contribution in [0, 0.1) is 0 Å². The van der Waals surface area contributed by atoms with Gasteiger partial charge in [-0.05, 0) is 45.3 Å². The number of carbonyl (C=O) groups excluding carboxylic acids is 1. The monoisotopic (exact) mass is 333 g/mol. The van der Waals surface area contributed by atoms with E-state index < -0.39 is 10.0 Å². The molecule has 0 saturated carbocycles. The molecule has 0 bridgehead atoms. The minimum atomic E-state index is -3.73. The number of rotatable bonds is 8. The third-order valence-electron chi connectivity index (χ3n) is 2.63. The van der Waals surface area contributed by atoms with E-state index in [2.05, 4.69) is 10.0 Å². The lowest BCUT2D eigenvalue weighted by Crippen LogP contribution is -2.37. The van der Waals surface area contributed by atoms with Crippen LogP contribution in [0.1, 0.15) is 6.42 Å². The van der Waals surface area contributed by atoms with Crippen molar-refractivity contribution in [3.05, 3.63) is 29.3 Å². The van der Waals surface area contributed by atoms with Crippen LogP contribution >= 0.6 is 11.6 Å². The second kappa shape index (κ2) is 8.33. The van der Waals surface area contributed by atoms with E-state index in [-0.39, 0.29) is 17.3 Å². The predicted octanol–water partition coefficient (Wildman–Crippen LogP) is 0.686. The smallest absolute Gasteiger partial charge is 0.241 e. The Kier molecular flexibility index (Phi) is 7.10. The zero-order chi connectivity index (χ0) is 15.9. The molecule has 0 radical (unpaired) electrons. The molecule has 0 unspecified atom stereocenters. The highest BCUT2D eigenvalue weighted by Crippen LogP contribution is 2.14. The maximum absolute atomic E-state index is 12.0. The predicted molar refractivity (Wildman–Crippen MR) is 82.8 cm³/mol. The Morgan fingerprint density at radius 3 is 2.67 bits per heavy atom. The third kappa shape index (κ3) is 6.90. The zero-order valence-corrected chi connectivity index (χ0v) is 13.7. The molecule has 118 valence electrons. The van der Waals surface area contributed by atoms with Gasteiger partial charge in [0.25, 0.3) is 0 Å². The molecule has 21 heavy (non-hydrogen) atoms. The summed E-state index contributed by atoms with van der Waals surface area (Å²) < 4.78 is 26.1. The number of sulfonamides is 1. The number of carbonyl (C=O) groups is 1. The van der Waals surface area contributed by atoms with Crippen molar-refractivity contribution in [2.45, 2.75) is 11.3 Å². The molecule has 1 aromatic rings. The Morgan fingerprint density at radius 2 is 2.05 bits per heavy atom. The zero-order valence-electron chi connectivity index (χ0n) is 12.1. The standard InChI is InChI=1S/C13H20ClN3O3S/c1-17(2)8-4-7-15-13(18)10-16-21(19,20)12-6-3-5-11(14)9-12/h3,5-6,9,16H,4,7-8,10H2,1-2H3,(H,15,18). The highest BCUT2D eigenvalue weighted by atomic mass is 35.5. The second-order valence-electron chi connectivity index (χ2n) is 4.79. The molecule has 1 aromatic carbocycles. The van der Waals surface area contributed by atoms with Crippen molar-refractivity contribution in [3.63, 3.8) is 0 Å². The minimum Gasteiger partial charge on any atom is -0.355 e. The van der Waals surface area contributed by atoms with Crippen molar-refractivity contribution in [2.24, 2.45) is 0 Å². The van der Waals surface area contributed by atoms with Crippen molar-refractivity contribution >= 4 is 27.5 Å². The van der Waals surface area contributed by atoms with Crippen LogP contribution in [0.4, 0.5) is 0 Å². The molecule has 0 fully saturated rings. The molecule has 0 aromatic heterocycles. The first kappa shape index (κ1) is 17.9. The lowest BCUT2D eigenvalue weighted by Gasteiger charge is -2.10. The number of benzene rings is 1. The van der Waals surface area contributed by atoms with Crippen molar-refractivity contribution in [3.8, 4) is 0 Å². The first-order chi connectivity index (χ1) is 9.81. The molecule has 1 rings (SSSR count). The molecular formula is C13H20ClN3O3S. The summed E-state index contributed by atoms with van der Waals surface area (Å²) in [5, 5.41) is 2.98. The van der Waals surface area contributed by atoms with Crippen LogP contribution in [-0.2, 0) is 14.8 Å². The van der Waals surface area contributed by atoms with Gasteiger partial charge in [0.15, 0.2) is 0 Å². The fraction of sp³-hybridized carbons (Fsp3) is 0.462. The van der Waals surface area contributed by atoms with E-state index in [1.165, 1.54) is 18.2 Å². The summed E-state index contributed by atoms with van der Waals surface area (Å²) in [4.78, 5) is 13.6. The van der Waals surface area contributed by atoms with Crippen LogP contribution in [0.3, 0.4) is 0 Å². The quantitative estimate of drug-likeness (QED) is 0.686. The molecule has 0 saturated heterocycles. The van der Waals surface area contributed by atoms with Crippen LogP contribution in [0.2, 0.25) is 5.02 Å². The summed E-state index contributed by atoms with van der Waals surface area (Å²) >= 11 is 5.75. The molecule has 0 aliphatic rings. The molecule has 1 amide bonds. The first-order valence-corrected chi connectivity index (χ1v) is 8.34. The number of hydrogen-bond donors (Lipinski definition) is 2. The molecule has 0 aliphatic carbocycles. The van der Waals surface area contributed by atoms with Gasteiger partial charge in [0.1, 0.15) is 0 Å². The Labute approximate surface area is 130 Å². The van der Waals surface area contributed by atoms with E-state index >= 15 is 0 Å². The van der Waals surface area contributed by atoms with E-state index in [0.29, 0.717) is 11.6 Å². The van der Waals surface area contributed by atoms with Crippen LogP contribution < -0.4 is 10.0 Å². The van der Waals surface area contributed by atoms with Gasteiger partial charge in [-0.2, -0.15) is 0 Å². The number of hydrogen-bond acceptors (Lipinski definition) is 4. The molecule has 8 heteroatoms. The topological polar surface area (TPSA) is 78.5 Å². The van der Waals surface area contributed by atoms with Crippen molar-refractivity contribution in [1.82, 2.24) is 14.9 Å². The summed E-state index contributed by atoms with van der Waals surface area (Å²) in [7, 11) is 0.165. The van der Waals surface area contributed by atoms with E-state index in [1.807, 2.05) is 19.0 Å². The summed E-state index contributed by atoms with van der Waals surface area (Å²) in [5.74, 6) is -0.362. The number of nitrogens with one attached hydrogen (secondary N) is 2. The highest BCUT2D eigenvalue weighted by Gasteiger charge is 2.15. The molecule has 0 aliphatic heterocycles. The SMILES string of the molecule is CN(C)CCCNC(=O)CNS(=O)(=O)c1cccc(Cl)c1. The average Bonchev–Trinajstić information content (AvgIpc) is 2.41. The lowest BCUT2D eigenvalue weighted by atomic mass is 10.4. The maximum Gasteiger partial charge on any atom is 0.241 e. The fourth-order valence-electron chi connectivity index (χ4n) is 1.56. The lowest BCUT2D eigenvalue weighted by molar-refractivity contribution is -0.119. The number of nitrogens with zero attached hydrogens (tertiary/aromatic N) is 1.